The summed E-state index contributed by atoms with van der Waals surface area (Å²) in [6.45, 7) is 18.3. The number of carbonyl (C=O) groups excluding carboxylic acids is 15. The fraction of sp³-hybridized carbons (Fsp3) is 0.615. The van der Waals surface area contributed by atoms with Gasteiger partial charge in [-0.25, -0.2) is 0 Å². The number of unbranched alkanes of at least 4 members (excludes halogenated alkanes) is 3. The minimum Gasteiger partial charge on any atom is -0.370 e. The number of fused-ring (bicyclic) bond motifs is 1. The van der Waals surface area contributed by atoms with E-state index < -0.39 is 186 Å². The lowest BCUT2D eigenvalue weighted by atomic mass is 9.98. The number of aromatic amines is 1. The summed E-state index contributed by atoms with van der Waals surface area (Å²) in [4.78, 5) is 210. The number of H-pyrrole nitrogens is 1. The van der Waals surface area contributed by atoms with E-state index in [1.54, 1.807) is 63.4 Å². The molecule has 0 saturated heterocycles. The van der Waals surface area contributed by atoms with Crippen molar-refractivity contribution in [2.75, 3.05) is 26.2 Å². The van der Waals surface area contributed by atoms with Crippen LogP contribution in [0.15, 0.2) is 54.7 Å². The Morgan fingerprint density at radius 1 is 0.430 bits per heavy atom. The summed E-state index contributed by atoms with van der Waals surface area (Å²) in [6.07, 6.45) is 4.39. The van der Waals surface area contributed by atoms with Gasteiger partial charge in [-0.1, -0.05) is 98.6 Å². The van der Waals surface area contributed by atoms with Crippen LogP contribution in [0.1, 0.15) is 183 Å². The maximum Gasteiger partial charge on any atom is 0.243 e. The molecule has 3 rings (SSSR count). The molecule has 26 N–H and O–H groups in total. The number of hydrogen-bond donors (Lipinski definition) is 20. The Bertz CT molecular complexity index is 3750. The normalized spacial score (nSPS) is 15.2. The van der Waals surface area contributed by atoms with Crippen molar-refractivity contribution in [1.82, 2.24) is 74.1 Å². The second kappa shape index (κ2) is 50.5. The second-order valence-electron chi connectivity index (χ2n) is 30.0. The van der Waals surface area contributed by atoms with Gasteiger partial charge in [0.1, 0.15) is 72.5 Å². The number of nitrogens with two attached hydrogens (primary N) is 6. The predicted molar refractivity (Wildman–Crippen MR) is 428 cm³/mol. The molecule has 1 aromatic heterocycles. The van der Waals surface area contributed by atoms with E-state index in [1.165, 1.54) is 32.9 Å². The highest BCUT2D eigenvalue weighted by Crippen LogP contribution is 2.21. The third-order valence-electron chi connectivity index (χ3n) is 19.4. The van der Waals surface area contributed by atoms with Crippen molar-refractivity contribution in [2.24, 2.45) is 58.1 Å². The van der Waals surface area contributed by atoms with Gasteiger partial charge in [-0.2, -0.15) is 5.26 Å². The van der Waals surface area contributed by atoms with Gasteiger partial charge < -0.3 is 109 Å². The van der Waals surface area contributed by atoms with Gasteiger partial charge in [0.05, 0.1) is 30.6 Å². The zero-order valence-corrected chi connectivity index (χ0v) is 67.7. The van der Waals surface area contributed by atoms with Crippen LogP contribution in [0, 0.1) is 35.0 Å². The molecule has 1 heterocycles. The lowest BCUT2D eigenvalue weighted by molar-refractivity contribution is -0.136. The summed E-state index contributed by atoms with van der Waals surface area (Å²) in [7, 11) is 0. The fourth-order valence-electron chi connectivity index (χ4n) is 12.1. The van der Waals surface area contributed by atoms with Crippen LogP contribution in [0.4, 0.5) is 0 Å². The number of para-hydroxylation sites is 1. The molecule has 15 atom stereocenters. The first-order chi connectivity index (χ1) is 53.9. The molecule has 15 amide bonds. The predicted octanol–water partition coefficient (Wildman–Crippen LogP) is -1.92. The second-order valence-corrected chi connectivity index (χ2v) is 30.0. The summed E-state index contributed by atoms with van der Waals surface area (Å²) < 4.78 is 0. The third-order valence-corrected chi connectivity index (χ3v) is 19.4. The topological polar surface area (TPSA) is 608 Å². The van der Waals surface area contributed by atoms with Crippen LogP contribution in [0.25, 0.3) is 10.9 Å². The molecule has 36 nitrogen and oxygen atoms in total. The number of nitriles is 1. The van der Waals surface area contributed by atoms with Crippen LogP contribution in [0.5, 0.6) is 0 Å². The molecule has 36 heteroatoms. The van der Waals surface area contributed by atoms with Gasteiger partial charge in [-0.15, -0.1) is 0 Å². The van der Waals surface area contributed by atoms with Crippen molar-refractivity contribution >= 4 is 99.5 Å². The van der Waals surface area contributed by atoms with E-state index in [0.717, 1.165) is 0 Å². The average molecular weight is 1600 g/mol. The van der Waals surface area contributed by atoms with Crippen LogP contribution < -0.4 is 104 Å². The minimum absolute atomic E-state index is 0.00607. The molecule has 0 fully saturated rings. The Morgan fingerprint density at radius 3 is 1.33 bits per heavy atom. The number of nitrogens with zero attached hydrogens (tertiary/aromatic N) is 1. The SMILES string of the molecule is CC[C@H](C)[C@H](N)C(=O)N[C@@H](CC(N)=O)C(=O)N[C@@H](Cc1c[nH]c2ccccc12)C(=O)N[C@@H](CCCCN)C(=O)NCC(=O)N[C@H](C(=O)N[C@@H](C)C(=O)N[C@@H](C)C(=O)N[C@@H](Cc1ccc(C#N)cc1)C(=O)N[C@@H](C)C(=O)N[C@@H](CCCCN)C(=O)N[C@@H](CCCCN)C(=O)N[C@@H](CC(C)C)C(=O)N[C@@H](CC(C)C)C(N)=O)[C@@H](C)CC. The maximum absolute atomic E-state index is 14.5. The fourth-order valence-corrected chi connectivity index (χ4v) is 12.1. The van der Waals surface area contributed by atoms with Crippen molar-refractivity contribution in [1.29, 1.82) is 5.26 Å². The van der Waals surface area contributed by atoms with E-state index in [2.05, 4.69) is 74.1 Å². The maximum atomic E-state index is 14.5. The van der Waals surface area contributed by atoms with Crippen molar-refractivity contribution in [2.45, 2.75) is 257 Å². The highest BCUT2D eigenvalue weighted by atomic mass is 16.2. The number of amides is 15. The minimum atomic E-state index is -1.55. The smallest absolute Gasteiger partial charge is 0.243 e. The summed E-state index contributed by atoms with van der Waals surface area (Å²) in [5, 5.41) is 44.2. The highest BCUT2D eigenvalue weighted by Gasteiger charge is 2.37. The Morgan fingerprint density at radius 2 is 0.833 bits per heavy atom. The highest BCUT2D eigenvalue weighted by molar-refractivity contribution is 6.01. The Hall–Kier alpha value is -10.6. The number of hydrogen-bond acceptors (Lipinski definition) is 20. The Kier molecular flexibility index (Phi) is 43.2. The van der Waals surface area contributed by atoms with E-state index in [4.69, 9.17) is 34.4 Å². The van der Waals surface area contributed by atoms with Crippen molar-refractivity contribution < 1.29 is 71.9 Å². The van der Waals surface area contributed by atoms with Crippen LogP contribution in [0.3, 0.4) is 0 Å². The molecule has 0 spiro atoms. The van der Waals surface area contributed by atoms with E-state index in [1.807, 2.05) is 40.7 Å². The van der Waals surface area contributed by atoms with E-state index in [-0.39, 0.29) is 82.3 Å². The van der Waals surface area contributed by atoms with Crippen LogP contribution in [-0.4, -0.2) is 198 Å². The average Bonchev–Trinajstić information content (AvgIpc) is 1.76. The summed E-state index contributed by atoms with van der Waals surface area (Å²) >= 11 is 0. The largest absolute Gasteiger partial charge is 0.370 e. The Balaban J connectivity index is 1.81. The van der Waals surface area contributed by atoms with Crippen molar-refractivity contribution in [3.8, 4) is 6.07 Å². The van der Waals surface area contributed by atoms with Gasteiger partial charge in [0.25, 0.3) is 0 Å². The molecule has 0 aliphatic rings. The van der Waals surface area contributed by atoms with Crippen molar-refractivity contribution in [3.63, 3.8) is 0 Å². The van der Waals surface area contributed by atoms with Gasteiger partial charge in [-0.05, 0) is 164 Å². The molecule has 114 heavy (non-hydrogen) atoms. The summed E-state index contributed by atoms with van der Waals surface area (Å²) in [6, 6.07) is -1.71. The van der Waals surface area contributed by atoms with Crippen molar-refractivity contribution in [3.05, 3.63) is 71.4 Å². The molecule has 0 aliphatic carbocycles. The van der Waals surface area contributed by atoms with E-state index in [0.29, 0.717) is 79.0 Å². The van der Waals surface area contributed by atoms with Crippen LogP contribution >= 0.6 is 0 Å². The van der Waals surface area contributed by atoms with E-state index >= 15 is 0 Å². The van der Waals surface area contributed by atoms with Gasteiger partial charge in [0, 0.05) is 29.9 Å². The molecule has 632 valence electrons. The zero-order valence-electron chi connectivity index (χ0n) is 67.7. The quantitative estimate of drug-likeness (QED) is 0.0274. The lowest BCUT2D eigenvalue weighted by Gasteiger charge is -2.28. The third kappa shape index (κ3) is 34.0. The molecular weight excluding hydrogens is 1470 g/mol. The number of benzene rings is 2. The number of carbonyl (C=O) groups is 15. The molecule has 2 aromatic carbocycles. The van der Waals surface area contributed by atoms with Gasteiger partial charge in [0.2, 0.25) is 88.6 Å². The first kappa shape index (κ1) is 97.6. The van der Waals surface area contributed by atoms with Crippen LogP contribution in [-0.2, 0) is 84.8 Å². The monoisotopic (exact) mass is 1600 g/mol. The number of primary amides is 2. The number of rotatable bonds is 53. The molecule has 0 bridgehead atoms. The van der Waals surface area contributed by atoms with Gasteiger partial charge in [-0.3, -0.25) is 71.9 Å². The summed E-state index contributed by atoms with van der Waals surface area (Å²) in [5.41, 5.74) is 36.7. The summed E-state index contributed by atoms with van der Waals surface area (Å²) in [5.74, 6) is -13.4. The zero-order chi connectivity index (χ0) is 85.5. The van der Waals surface area contributed by atoms with Gasteiger partial charge >= 0.3 is 0 Å². The lowest BCUT2D eigenvalue weighted by Crippen LogP contribution is -2.60. The van der Waals surface area contributed by atoms with Crippen LogP contribution in [0.2, 0.25) is 0 Å². The molecular formula is C78H125N21O15. The molecule has 3 aromatic rings. The first-order valence-electron chi connectivity index (χ1n) is 39.3. The first-order valence-corrected chi connectivity index (χ1v) is 39.3. The van der Waals surface area contributed by atoms with Gasteiger partial charge in [0.15, 0.2) is 0 Å². The molecule has 0 unspecified atom stereocenters. The van der Waals surface area contributed by atoms with E-state index in [9.17, 15) is 77.2 Å². The molecule has 0 saturated carbocycles. The number of nitrogens with one attached hydrogen (secondary N) is 14. The standard InChI is InChI=1S/C78H125N21O15/c1-12-44(7)64(84)77(113)98-61(38-62(83)100)76(112)97-60(37-51-40-86-53-23-15-14-22-52(51)53)75(111)92-54(24-16-19-31-79)70(106)87-41-63(101)99-65(45(8)13-2)78(114)90-46(9)67(103)88-47(10)69(105)95-59(36-49-27-29-50(39-82)30-28-49)73(109)89-48(11)68(104)91-55(25-17-20-32-80)71(107)93-56(26-18-21-33-81)72(108)96-58(35-43(5)6)74(110)94-57(66(85)102)34-42(3)4/h14-15,22-23,27-30,40,42-48,54-61,64-65,86H,12-13,16-21,24-26,31-38,41,79-81,84H2,1-11H3,(H2,83,100)(H2,85,102)(H,87,106)(H,88,103)(H,89,109)(H,90,114)(H,91,104)(H,92,111)(H,93,107)(H,94,110)(H,95,105)(H,96,108)(H,97,112)(H,98,113)(H,99,101)/t44-,45-,46-,47-,48-,54-,55-,56-,57-,58-,59-,60-,61-,64-,65-/m0/s1. The Labute approximate surface area is 667 Å². The molecule has 0 aliphatic heterocycles. The number of aromatic nitrogens is 1. The molecule has 0 radical (unpaired) electrons.